The lowest BCUT2D eigenvalue weighted by molar-refractivity contribution is 0.129. The first kappa shape index (κ1) is 22.9. The van der Waals surface area contributed by atoms with Crippen molar-refractivity contribution in [1.29, 1.82) is 0 Å². The Morgan fingerprint density at radius 2 is 1.73 bits per heavy atom. The first-order chi connectivity index (χ1) is 16.3. The summed E-state index contributed by atoms with van der Waals surface area (Å²) in [6, 6.07) is 18.8. The number of thioether (sulfide) groups is 1. The first-order valence-corrected chi connectivity index (χ1v) is 13.3. The van der Waals surface area contributed by atoms with Crippen molar-refractivity contribution in [3.63, 3.8) is 0 Å². The summed E-state index contributed by atoms with van der Waals surface area (Å²) in [5, 5.41) is 11.2. The van der Waals surface area contributed by atoms with Crippen LogP contribution in [0.25, 0.3) is 0 Å². The molecule has 0 spiro atoms. The number of hydrogen-bond acceptors (Lipinski definition) is 5. The third kappa shape index (κ3) is 5.80. The van der Waals surface area contributed by atoms with E-state index in [9.17, 15) is 0 Å². The van der Waals surface area contributed by atoms with Gasteiger partial charge in [-0.1, -0.05) is 71.9 Å². The number of rotatable bonds is 8. The maximum absolute atomic E-state index is 6.39. The lowest BCUT2D eigenvalue weighted by Crippen LogP contribution is -2.33. The maximum Gasteiger partial charge on any atom is 0.191 e. The molecule has 3 heterocycles. The van der Waals surface area contributed by atoms with Crippen LogP contribution in [0.15, 0.2) is 59.8 Å². The molecule has 2 saturated heterocycles. The number of likely N-dealkylation sites (tertiary alicyclic amines) is 1. The van der Waals surface area contributed by atoms with Crippen LogP contribution in [-0.4, -0.2) is 51.2 Å². The van der Waals surface area contributed by atoms with Gasteiger partial charge in [-0.15, -0.1) is 10.2 Å². The molecule has 1 aromatic heterocycles. The molecule has 3 aromatic rings. The fraction of sp³-hybridized carbons (Fsp3) is 0.462. The summed E-state index contributed by atoms with van der Waals surface area (Å²) in [5.41, 5.74) is 2.49. The van der Waals surface area contributed by atoms with E-state index in [1.54, 1.807) is 11.8 Å². The van der Waals surface area contributed by atoms with E-state index in [-0.39, 0.29) is 0 Å². The minimum Gasteiger partial charge on any atom is -0.377 e. The molecule has 0 saturated carbocycles. The molecule has 5 rings (SSSR count). The number of benzene rings is 2. The van der Waals surface area contributed by atoms with E-state index in [0.29, 0.717) is 12.0 Å². The standard InChI is InChI=1S/C26H31ClN4OS/c27-24-11-5-4-9-22(24)18-30-14-12-21(13-15-30)25-28-29-26(33-19-23-10-6-16-32-23)31(25)17-20-7-2-1-3-8-20/h1-5,7-9,11,21,23H,6,10,12-19H2. The Morgan fingerprint density at radius 3 is 2.48 bits per heavy atom. The Morgan fingerprint density at radius 1 is 0.939 bits per heavy atom. The molecule has 1 unspecified atom stereocenters. The van der Waals surface area contributed by atoms with Gasteiger partial charge in [0.2, 0.25) is 0 Å². The topological polar surface area (TPSA) is 43.2 Å². The highest BCUT2D eigenvalue weighted by Gasteiger charge is 2.27. The average molecular weight is 483 g/mol. The predicted molar refractivity (Wildman–Crippen MR) is 134 cm³/mol. The number of piperidine rings is 1. The van der Waals surface area contributed by atoms with Gasteiger partial charge in [-0.2, -0.15) is 0 Å². The number of hydrogen-bond donors (Lipinski definition) is 0. The molecular weight excluding hydrogens is 452 g/mol. The monoisotopic (exact) mass is 482 g/mol. The lowest BCUT2D eigenvalue weighted by atomic mass is 9.95. The van der Waals surface area contributed by atoms with Crippen LogP contribution in [-0.2, 0) is 17.8 Å². The summed E-state index contributed by atoms with van der Waals surface area (Å²) in [6.45, 7) is 4.71. The van der Waals surface area contributed by atoms with Crippen LogP contribution in [0.3, 0.4) is 0 Å². The number of nitrogens with zero attached hydrogens (tertiary/aromatic N) is 4. The molecule has 1 atom stereocenters. The molecule has 0 bridgehead atoms. The highest BCUT2D eigenvalue weighted by atomic mass is 35.5. The van der Waals surface area contributed by atoms with Crippen LogP contribution >= 0.6 is 23.4 Å². The Hall–Kier alpha value is -1.86. The van der Waals surface area contributed by atoms with Crippen LogP contribution < -0.4 is 0 Å². The normalized spacial score (nSPS) is 19.8. The number of ether oxygens (including phenoxy) is 1. The number of halogens is 1. The first-order valence-electron chi connectivity index (χ1n) is 11.9. The van der Waals surface area contributed by atoms with Crippen LogP contribution in [0.4, 0.5) is 0 Å². The highest BCUT2D eigenvalue weighted by molar-refractivity contribution is 7.99. The molecule has 174 valence electrons. The smallest absolute Gasteiger partial charge is 0.191 e. The van der Waals surface area contributed by atoms with E-state index < -0.39 is 0 Å². The van der Waals surface area contributed by atoms with Gasteiger partial charge in [0.25, 0.3) is 0 Å². The van der Waals surface area contributed by atoms with Crippen LogP contribution in [0.2, 0.25) is 5.02 Å². The lowest BCUT2D eigenvalue weighted by Gasteiger charge is -2.32. The molecule has 33 heavy (non-hydrogen) atoms. The van der Waals surface area contributed by atoms with Crippen LogP contribution in [0.1, 0.15) is 48.6 Å². The van der Waals surface area contributed by atoms with Crippen LogP contribution in [0, 0.1) is 0 Å². The Balaban J connectivity index is 1.28. The van der Waals surface area contributed by atoms with E-state index in [2.05, 4.69) is 57.0 Å². The zero-order chi connectivity index (χ0) is 22.5. The minimum atomic E-state index is 0.341. The van der Waals surface area contributed by atoms with Gasteiger partial charge in [-0.05, 0) is 56.0 Å². The summed E-state index contributed by atoms with van der Waals surface area (Å²) in [5.74, 6) is 2.51. The van der Waals surface area contributed by atoms with Gasteiger partial charge >= 0.3 is 0 Å². The van der Waals surface area contributed by atoms with Gasteiger partial charge in [-0.3, -0.25) is 4.90 Å². The van der Waals surface area contributed by atoms with Gasteiger partial charge in [0, 0.05) is 29.8 Å². The molecule has 0 amide bonds. The fourth-order valence-corrected chi connectivity index (χ4v) is 5.99. The summed E-state index contributed by atoms with van der Waals surface area (Å²) >= 11 is 8.18. The van der Waals surface area contributed by atoms with Crippen molar-refractivity contribution in [3.8, 4) is 0 Å². The zero-order valence-corrected chi connectivity index (χ0v) is 20.5. The molecule has 2 fully saturated rings. The van der Waals surface area contributed by atoms with Gasteiger partial charge in [0.05, 0.1) is 12.6 Å². The number of aromatic nitrogens is 3. The van der Waals surface area contributed by atoms with Crippen molar-refractivity contribution in [3.05, 3.63) is 76.6 Å². The molecule has 0 aliphatic carbocycles. The molecule has 5 nitrogen and oxygen atoms in total. The summed E-state index contributed by atoms with van der Waals surface area (Å²) < 4.78 is 8.18. The molecule has 2 aliphatic rings. The highest BCUT2D eigenvalue weighted by Crippen LogP contribution is 2.32. The van der Waals surface area contributed by atoms with E-state index in [1.165, 1.54) is 17.5 Å². The van der Waals surface area contributed by atoms with Gasteiger partial charge in [-0.25, -0.2) is 0 Å². The molecule has 0 N–H and O–H groups in total. The largest absolute Gasteiger partial charge is 0.377 e. The van der Waals surface area contributed by atoms with Crippen molar-refractivity contribution in [2.75, 3.05) is 25.4 Å². The third-order valence-electron chi connectivity index (χ3n) is 6.66. The maximum atomic E-state index is 6.39. The predicted octanol–water partition coefficient (Wildman–Crippen LogP) is 5.63. The zero-order valence-electron chi connectivity index (χ0n) is 18.9. The second-order valence-electron chi connectivity index (χ2n) is 9.00. The summed E-state index contributed by atoms with van der Waals surface area (Å²) in [4.78, 5) is 2.50. The molecule has 2 aromatic carbocycles. The summed E-state index contributed by atoms with van der Waals surface area (Å²) in [7, 11) is 0. The van der Waals surface area contributed by atoms with E-state index >= 15 is 0 Å². The van der Waals surface area contributed by atoms with Gasteiger partial charge < -0.3 is 9.30 Å². The summed E-state index contributed by atoms with van der Waals surface area (Å²) in [6.07, 6.45) is 4.84. The molecular formula is C26H31ClN4OS. The van der Waals surface area contributed by atoms with Crippen LogP contribution in [0.5, 0.6) is 0 Å². The van der Waals surface area contributed by atoms with Crippen molar-refractivity contribution in [2.24, 2.45) is 0 Å². The Kier molecular flexibility index (Phi) is 7.67. The minimum absolute atomic E-state index is 0.341. The Bertz CT molecular complexity index is 1030. The van der Waals surface area contributed by atoms with Crippen molar-refractivity contribution >= 4 is 23.4 Å². The van der Waals surface area contributed by atoms with E-state index in [0.717, 1.165) is 73.8 Å². The Labute approximate surface area is 205 Å². The molecule has 7 heteroatoms. The van der Waals surface area contributed by atoms with E-state index in [1.807, 2.05) is 12.1 Å². The second-order valence-corrected chi connectivity index (χ2v) is 10.4. The molecule has 0 radical (unpaired) electrons. The molecule has 2 aliphatic heterocycles. The van der Waals surface area contributed by atoms with E-state index in [4.69, 9.17) is 21.4 Å². The van der Waals surface area contributed by atoms with Gasteiger partial charge in [0.15, 0.2) is 5.16 Å². The fourth-order valence-electron chi connectivity index (χ4n) is 4.78. The second kappa shape index (κ2) is 11.0. The average Bonchev–Trinajstić information content (AvgIpc) is 3.51. The quantitative estimate of drug-likeness (QED) is 0.389. The third-order valence-corrected chi connectivity index (χ3v) is 8.12. The van der Waals surface area contributed by atoms with Crippen molar-refractivity contribution in [2.45, 2.75) is 56.0 Å². The van der Waals surface area contributed by atoms with Crippen molar-refractivity contribution in [1.82, 2.24) is 19.7 Å². The van der Waals surface area contributed by atoms with Gasteiger partial charge in [0.1, 0.15) is 5.82 Å². The van der Waals surface area contributed by atoms with Crippen molar-refractivity contribution < 1.29 is 4.74 Å². The SMILES string of the molecule is Clc1ccccc1CN1CCC(c2nnc(SCC3CCCO3)n2Cc2ccccc2)CC1.